The maximum atomic E-state index is 13.0. The first-order valence-electron chi connectivity index (χ1n) is 11.3. The fourth-order valence-electron chi connectivity index (χ4n) is 4.33. The van der Waals surface area contributed by atoms with Crippen LogP contribution in [-0.2, 0) is 0 Å². The lowest BCUT2D eigenvalue weighted by atomic mass is 10.1. The standard InChI is InChI=1S/C27H26N4O2S/c1-18-16-21(27(33)30-12-14-34-15-13-30)8-10-23(18)29-26(32)20-9-11-25-24(17-20)28-19(2)31(25)22-6-4-3-5-7-22/h3-11,16-17H,12-15H2,1-2H3,(H,29,32). The lowest BCUT2D eigenvalue weighted by Gasteiger charge is -2.26. The van der Waals surface area contributed by atoms with Crippen molar-refractivity contribution in [2.75, 3.05) is 29.9 Å². The highest BCUT2D eigenvalue weighted by molar-refractivity contribution is 7.99. The molecule has 1 aliphatic rings. The molecule has 1 aromatic heterocycles. The number of hydrogen-bond donors (Lipinski definition) is 1. The minimum atomic E-state index is -0.205. The number of benzene rings is 3. The van der Waals surface area contributed by atoms with Crippen LogP contribution >= 0.6 is 11.8 Å². The fourth-order valence-corrected chi connectivity index (χ4v) is 5.23. The Morgan fingerprint density at radius 3 is 2.38 bits per heavy atom. The van der Waals surface area contributed by atoms with Gasteiger partial charge in [0.05, 0.1) is 11.0 Å². The molecule has 172 valence electrons. The number of aryl methyl sites for hydroxylation is 2. The zero-order valence-corrected chi connectivity index (χ0v) is 20.1. The number of carbonyl (C=O) groups excluding carboxylic acids is 2. The first kappa shape index (κ1) is 22.2. The summed E-state index contributed by atoms with van der Waals surface area (Å²) in [6.07, 6.45) is 0. The molecule has 0 unspecified atom stereocenters. The highest BCUT2D eigenvalue weighted by Crippen LogP contribution is 2.24. The minimum absolute atomic E-state index is 0.0519. The summed E-state index contributed by atoms with van der Waals surface area (Å²) >= 11 is 1.88. The van der Waals surface area contributed by atoms with Crippen LogP contribution in [-0.4, -0.2) is 50.9 Å². The Hall–Kier alpha value is -3.58. The highest BCUT2D eigenvalue weighted by atomic mass is 32.2. The van der Waals surface area contributed by atoms with Crippen molar-refractivity contribution >= 4 is 40.3 Å². The van der Waals surface area contributed by atoms with Crippen molar-refractivity contribution in [3.8, 4) is 5.69 Å². The summed E-state index contributed by atoms with van der Waals surface area (Å²) in [6, 6.07) is 21.1. The summed E-state index contributed by atoms with van der Waals surface area (Å²) in [6.45, 7) is 5.43. The molecule has 0 radical (unpaired) electrons. The van der Waals surface area contributed by atoms with Crippen molar-refractivity contribution < 1.29 is 9.59 Å². The zero-order chi connectivity index (χ0) is 23.7. The zero-order valence-electron chi connectivity index (χ0n) is 19.2. The van der Waals surface area contributed by atoms with Crippen molar-refractivity contribution in [1.29, 1.82) is 0 Å². The number of fused-ring (bicyclic) bond motifs is 1. The number of rotatable bonds is 4. The Bertz CT molecular complexity index is 1370. The molecule has 2 amide bonds. The summed E-state index contributed by atoms with van der Waals surface area (Å²) in [4.78, 5) is 32.4. The van der Waals surface area contributed by atoms with Crippen LogP contribution in [0, 0.1) is 13.8 Å². The molecule has 5 rings (SSSR count). The van der Waals surface area contributed by atoms with Crippen molar-refractivity contribution in [2.24, 2.45) is 0 Å². The van der Waals surface area contributed by atoms with Gasteiger partial charge in [0.25, 0.3) is 11.8 Å². The number of hydrogen-bond acceptors (Lipinski definition) is 4. The highest BCUT2D eigenvalue weighted by Gasteiger charge is 2.19. The Labute approximate surface area is 203 Å². The molecule has 0 atom stereocenters. The molecule has 0 spiro atoms. The van der Waals surface area contributed by atoms with Crippen LogP contribution in [0.4, 0.5) is 5.69 Å². The van der Waals surface area contributed by atoms with Crippen LogP contribution in [0.25, 0.3) is 16.7 Å². The second-order valence-corrected chi connectivity index (χ2v) is 9.65. The molecule has 0 bridgehead atoms. The monoisotopic (exact) mass is 470 g/mol. The first-order chi connectivity index (χ1) is 16.5. The summed E-state index contributed by atoms with van der Waals surface area (Å²) in [7, 11) is 0. The van der Waals surface area contributed by atoms with Gasteiger partial charge in [0.2, 0.25) is 0 Å². The summed E-state index contributed by atoms with van der Waals surface area (Å²) in [5.74, 6) is 2.67. The molecule has 2 heterocycles. The van der Waals surface area contributed by atoms with E-state index in [1.165, 1.54) is 0 Å². The number of nitrogens with zero attached hydrogens (tertiary/aromatic N) is 3. The van der Waals surface area contributed by atoms with Gasteiger partial charge in [0.1, 0.15) is 5.82 Å². The van der Waals surface area contributed by atoms with Gasteiger partial charge in [-0.05, 0) is 67.9 Å². The fraction of sp³-hybridized carbons (Fsp3) is 0.222. The largest absolute Gasteiger partial charge is 0.337 e. The molecule has 1 fully saturated rings. The van der Waals surface area contributed by atoms with Crippen LogP contribution in [0.15, 0.2) is 66.7 Å². The van der Waals surface area contributed by atoms with Crippen molar-refractivity contribution in [3.63, 3.8) is 0 Å². The van der Waals surface area contributed by atoms with Gasteiger partial charge >= 0.3 is 0 Å². The number of amides is 2. The molecule has 0 aliphatic carbocycles. The molecule has 7 heteroatoms. The maximum absolute atomic E-state index is 13.0. The number of anilines is 1. The van der Waals surface area contributed by atoms with E-state index < -0.39 is 0 Å². The quantitative estimate of drug-likeness (QED) is 0.452. The molecule has 6 nitrogen and oxygen atoms in total. The third kappa shape index (κ3) is 4.31. The van der Waals surface area contributed by atoms with Crippen LogP contribution < -0.4 is 5.32 Å². The van der Waals surface area contributed by atoms with Crippen LogP contribution in [0.1, 0.15) is 32.1 Å². The van der Waals surface area contributed by atoms with Crippen molar-refractivity contribution in [3.05, 3.63) is 89.2 Å². The van der Waals surface area contributed by atoms with Crippen LogP contribution in [0.3, 0.4) is 0 Å². The SMILES string of the molecule is Cc1cc(C(=O)N2CCSCC2)ccc1NC(=O)c1ccc2c(c1)nc(C)n2-c1ccccc1. The number of imidazole rings is 1. The Balaban J connectivity index is 1.36. The molecule has 1 aliphatic heterocycles. The van der Waals surface area contributed by atoms with Gasteiger partial charge in [-0.3, -0.25) is 14.2 Å². The number of carbonyl (C=O) groups is 2. The van der Waals surface area contributed by atoms with Gasteiger partial charge in [-0.1, -0.05) is 18.2 Å². The number of nitrogens with one attached hydrogen (secondary N) is 1. The topological polar surface area (TPSA) is 67.2 Å². The number of thioether (sulfide) groups is 1. The van der Waals surface area contributed by atoms with Gasteiger partial charge in [0.15, 0.2) is 0 Å². The smallest absolute Gasteiger partial charge is 0.255 e. The molecule has 34 heavy (non-hydrogen) atoms. The third-order valence-electron chi connectivity index (χ3n) is 6.12. The Morgan fingerprint density at radius 1 is 0.912 bits per heavy atom. The van der Waals surface area contributed by atoms with Gasteiger partial charge in [-0.15, -0.1) is 0 Å². The van der Waals surface area contributed by atoms with Crippen molar-refractivity contribution in [2.45, 2.75) is 13.8 Å². The molecular formula is C27H26N4O2S. The Morgan fingerprint density at radius 2 is 1.65 bits per heavy atom. The summed E-state index contributed by atoms with van der Waals surface area (Å²) in [5.41, 5.74) is 5.51. The average Bonchev–Trinajstić information content (AvgIpc) is 3.20. The molecule has 4 aromatic rings. The predicted molar refractivity (Wildman–Crippen MR) is 138 cm³/mol. The predicted octanol–water partition coefficient (Wildman–Crippen LogP) is 5.08. The van der Waals surface area contributed by atoms with E-state index in [1.807, 2.05) is 91.2 Å². The van der Waals surface area contributed by atoms with Gasteiger partial charge in [0, 0.05) is 47.1 Å². The van der Waals surface area contributed by atoms with Gasteiger partial charge in [-0.2, -0.15) is 11.8 Å². The van der Waals surface area contributed by atoms with E-state index in [2.05, 4.69) is 14.9 Å². The summed E-state index contributed by atoms with van der Waals surface area (Å²) in [5, 5.41) is 2.99. The van der Waals surface area contributed by atoms with E-state index in [-0.39, 0.29) is 11.8 Å². The molecule has 0 saturated carbocycles. The van der Waals surface area contributed by atoms with E-state index in [9.17, 15) is 9.59 Å². The third-order valence-corrected chi connectivity index (χ3v) is 7.06. The average molecular weight is 471 g/mol. The molecule has 3 aromatic carbocycles. The minimum Gasteiger partial charge on any atom is -0.337 e. The lowest BCUT2D eigenvalue weighted by molar-refractivity contribution is 0.0772. The van der Waals surface area contributed by atoms with Gasteiger partial charge in [-0.25, -0.2) is 4.98 Å². The maximum Gasteiger partial charge on any atom is 0.255 e. The number of para-hydroxylation sites is 1. The van der Waals surface area contributed by atoms with E-state index in [4.69, 9.17) is 0 Å². The molecular weight excluding hydrogens is 444 g/mol. The molecule has 1 N–H and O–H groups in total. The second-order valence-electron chi connectivity index (χ2n) is 8.42. The van der Waals surface area contributed by atoms with E-state index in [0.717, 1.165) is 52.7 Å². The second kappa shape index (κ2) is 9.35. The van der Waals surface area contributed by atoms with E-state index >= 15 is 0 Å². The van der Waals surface area contributed by atoms with Gasteiger partial charge < -0.3 is 10.2 Å². The van der Waals surface area contributed by atoms with E-state index in [1.54, 1.807) is 6.07 Å². The van der Waals surface area contributed by atoms with Crippen LogP contribution in [0.2, 0.25) is 0 Å². The lowest BCUT2D eigenvalue weighted by Crippen LogP contribution is -2.37. The molecule has 1 saturated heterocycles. The normalized spacial score (nSPS) is 13.8. The van der Waals surface area contributed by atoms with E-state index in [0.29, 0.717) is 16.8 Å². The first-order valence-corrected chi connectivity index (χ1v) is 12.5. The Kier molecular flexibility index (Phi) is 6.11. The summed E-state index contributed by atoms with van der Waals surface area (Å²) < 4.78 is 2.08. The van der Waals surface area contributed by atoms with Crippen LogP contribution in [0.5, 0.6) is 0 Å². The number of aromatic nitrogens is 2. The van der Waals surface area contributed by atoms with Crippen molar-refractivity contribution in [1.82, 2.24) is 14.5 Å².